The van der Waals surface area contributed by atoms with Gasteiger partial charge in [-0.25, -0.2) is 0 Å². The maximum Gasteiger partial charge on any atom is 0.320 e. The number of rotatable bonds is 6. The summed E-state index contributed by atoms with van der Waals surface area (Å²) in [6, 6.07) is -0.417. The molecule has 1 aromatic rings. The van der Waals surface area contributed by atoms with Gasteiger partial charge in [0.2, 0.25) is 5.89 Å². The lowest BCUT2D eigenvalue weighted by molar-refractivity contribution is -0.145. The second kappa shape index (κ2) is 8.21. The molecule has 1 fully saturated rings. The molecule has 1 aliphatic heterocycles. The molecule has 0 amide bonds. The number of aliphatic carboxylic acids is 1. The number of piperidine rings is 1. The van der Waals surface area contributed by atoms with Gasteiger partial charge < -0.3 is 9.63 Å². The highest BCUT2D eigenvalue weighted by Crippen LogP contribution is 2.19. The summed E-state index contributed by atoms with van der Waals surface area (Å²) in [4.78, 5) is 17.4. The molecule has 0 radical (unpaired) electrons. The van der Waals surface area contributed by atoms with E-state index < -0.39 is 12.0 Å². The van der Waals surface area contributed by atoms with Gasteiger partial charge in [-0.2, -0.15) is 4.98 Å². The molecule has 1 aromatic heterocycles. The SMILES string of the molecule is CCCCc1noc(CN2CCCCC2C(=O)O)n1.Cl. The first-order valence-electron chi connectivity index (χ1n) is 6.99. The van der Waals surface area contributed by atoms with Crippen molar-refractivity contribution in [1.29, 1.82) is 0 Å². The lowest BCUT2D eigenvalue weighted by Gasteiger charge is -2.31. The Morgan fingerprint density at radius 3 is 3.00 bits per heavy atom. The Bertz CT molecular complexity index is 425. The van der Waals surface area contributed by atoms with Crippen molar-refractivity contribution >= 4 is 18.4 Å². The summed E-state index contributed by atoms with van der Waals surface area (Å²) in [7, 11) is 0. The highest BCUT2D eigenvalue weighted by atomic mass is 35.5. The Balaban J connectivity index is 0.00000200. The summed E-state index contributed by atoms with van der Waals surface area (Å²) in [6.07, 6.45) is 5.66. The fraction of sp³-hybridized carbons (Fsp3) is 0.769. The van der Waals surface area contributed by atoms with E-state index in [0.29, 0.717) is 18.9 Å². The topological polar surface area (TPSA) is 79.5 Å². The number of aryl methyl sites for hydroxylation is 1. The standard InChI is InChI=1S/C13H21N3O3.ClH/c1-2-3-7-11-14-12(19-15-11)9-16-8-5-4-6-10(16)13(17)18;/h10H,2-9H2,1H3,(H,17,18);1H. The van der Waals surface area contributed by atoms with Gasteiger partial charge in [0, 0.05) is 6.42 Å². The number of halogens is 1. The lowest BCUT2D eigenvalue weighted by atomic mass is 10.0. The summed E-state index contributed by atoms with van der Waals surface area (Å²) in [5.74, 6) is 0.491. The second-order valence-corrected chi connectivity index (χ2v) is 5.03. The van der Waals surface area contributed by atoms with E-state index in [1.165, 1.54) is 0 Å². The number of hydrogen-bond donors (Lipinski definition) is 1. The predicted molar refractivity (Wildman–Crippen MR) is 75.8 cm³/mol. The second-order valence-electron chi connectivity index (χ2n) is 5.03. The fourth-order valence-corrected chi connectivity index (χ4v) is 2.42. The van der Waals surface area contributed by atoms with Crippen molar-refractivity contribution in [2.24, 2.45) is 0 Å². The number of carboxylic acid groups (broad SMARTS) is 1. The Morgan fingerprint density at radius 1 is 1.50 bits per heavy atom. The molecule has 0 spiro atoms. The molecule has 2 rings (SSSR count). The minimum Gasteiger partial charge on any atom is -0.480 e. The van der Waals surface area contributed by atoms with Crippen molar-refractivity contribution in [3.05, 3.63) is 11.7 Å². The van der Waals surface area contributed by atoms with E-state index in [1.54, 1.807) is 0 Å². The Morgan fingerprint density at radius 2 is 2.30 bits per heavy atom. The van der Waals surface area contributed by atoms with Crippen molar-refractivity contribution in [2.75, 3.05) is 6.54 Å². The molecule has 6 nitrogen and oxygen atoms in total. The summed E-state index contributed by atoms with van der Waals surface area (Å²) in [5.41, 5.74) is 0. The summed E-state index contributed by atoms with van der Waals surface area (Å²) in [6.45, 7) is 3.34. The smallest absolute Gasteiger partial charge is 0.320 e. The van der Waals surface area contributed by atoms with E-state index in [-0.39, 0.29) is 12.4 Å². The highest BCUT2D eigenvalue weighted by molar-refractivity contribution is 5.85. The summed E-state index contributed by atoms with van der Waals surface area (Å²) < 4.78 is 5.20. The van der Waals surface area contributed by atoms with Gasteiger partial charge in [0.1, 0.15) is 6.04 Å². The van der Waals surface area contributed by atoms with Crippen molar-refractivity contribution in [3.63, 3.8) is 0 Å². The number of unbranched alkanes of at least 4 members (excludes halogenated alkanes) is 1. The van der Waals surface area contributed by atoms with Crippen LogP contribution in [-0.4, -0.2) is 38.7 Å². The minimum absolute atomic E-state index is 0. The van der Waals surface area contributed by atoms with Crippen molar-refractivity contribution in [1.82, 2.24) is 15.0 Å². The van der Waals surface area contributed by atoms with Crippen LogP contribution in [0, 0.1) is 0 Å². The largest absolute Gasteiger partial charge is 0.480 e. The molecule has 7 heteroatoms. The van der Waals surface area contributed by atoms with Crippen LogP contribution in [0.15, 0.2) is 4.52 Å². The monoisotopic (exact) mass is 303 g/mol. The van der Waals surface area contributed by atoms with Gasteiger partial charge in [-0.05, 0) is 25.8 Å². The molecule has 0 aromatic carbocycles. The van der Waals surface area contributed by atoms with Crippen LogP contribution in [-0.2, 0) is 17.8 Å². The van der Waals surface area contributed by atoms with E-state index >= 15 is 0 Å². The molecule has 1 atom stereocenters. The first-order valence-corrected chi connectivity index (χ1v) is 6.99. The van der Waals surface area contributed by atoms with Crippen molar-refractivity contribution < 1.29 is 14.4 Å². The third-order valence-electron chi connectivity index (χ3n) is 3.50. The van der Waals surface area contributed by atoms with E-state index in [9.17, 15) is 9.90 Å². The zero-order valence-corrected chi connectivity index (χ0v) is 12.6. The van der Waals surface area contributed by atoms with Crippen LogP contribution in [0.5, 0.6) is 0 Å². The van der Waals surface area contributed by atoms with E-state index in [1.807, 2.05) is 4.90 Å². The fourth-order valence-electron chi connectivity index (χ4n) is 2.42. The molecule has 114 valence electrons. The molecule has 0 aliphatic carbocycles. The van der Waals surface area contributed by atoms with E-state index in [2.05, 4.69) is 17.1 Å². The van der Waals surface area contributed by atoms with E-state index in [0.717, 1.165) is 44.5 Å². The maximum absolute atomic E-state index is 11.2. The molecular weight excluding hydrogens is 282 g/mol. The molecule has 0 saturated carbocycles. The van der Waals surface area contributed by atoms with Crippen LogP contribution < -0.4 is 0 Å². The average molecular weight is 304 g/mol. The van der Waals surface area contributed by atoms with Crippen LogP contribution in [0.4, 0.5) is 0 Å². The van der Waals surface area contributed by atoms with Gasteiger partial charge in [-0.15, -0.1) is 12.4 Å². The van der Waals surface area contributed by atoms with E-state index in [4.69, 9.17) is 4.52 Å². The highest BCUT2D eigenvalue weighted by Gasteiger charge is 2.29. The van der Waals surface area contributed by atoms with Gasteiger partial charge >= 0.3 is 5.97 Å². The minimum atomic E-state index is -0.759. The quantitative estimate of drug-likeness (QED) is 0.868. The van der Waals surface area contributed by atoms with Crippen molar-refractivity contribution in [3.8, 4) is 0 Å². The number of nitrogens with zero attached hydrogens (tertiary/aromatic N) is 3. The normalized spacial score (nSPS) is 19.6. The third-order valence-corrected chi connectivity index (χ3v) is 3.50. The third kappa shape index (κ3) is 4.45. The number of carbonyl (C=O) groups is 1. The Hall–Kier alpha value is -1.14. The number of hydrogen-bond acceptors (Lipinski definition) is 5. The van der Waals surface area contributed by atoms with Gasteiger partial charge in [-0.1, -0.05) is 24.9 Å². The van der Waals surface area contributed by atoms with Crippen LogP contribution in [0.25, 0.3) is 0 Å². The Labute approximate surface area is 124 Å². The van der Waals surface area contributed by atoms with Gasteiger partial charge in [0.05, 0.1) is 6.54 Å². The van der Waals surface area contributed by atoms with Crippen LogP contribution >= 0.6 is 12.4 Å². The number of aromatic nitrogens is 2. The molecular formula is C13H22ClN3O3. The first-order chi connectivity index (χ1) is 9.20. The number of likely N-dealkylation sites (tertiary alicyclic amines) is 1. The van der Waals surface area contributed by atoms with Crippen LogP contribution in [0.3, 0.4) is 0 Å². The van der Waals surface area contributed by atoms with Gasteiger partial charge in [0.25, 0.3) is 0 Å². The predicted octanol–water partition coefficient (Wildman–Crippen LogP) is 2.27. The lowest BCUT2D eigenvalue weighted by Crippen LogP contribution is -2.44. The average Bonchev–Trinajstić information content (AvgIpc) is 2.84. The zero-order chi connectivity index (χ0) is 13.7. The zero-order valence-electron chi connectivity index (χ0n) is 11.7. The van der Waals surface area contributed by atoms with Gasteiger partial charge in [-0.3, -0.25) is 9.69 Å². The molecule has 1 unspecified atom stereocenters. The summed E-state index contributed by atoms with van der Waals surface area (Å²) >= 11 is 0. The molecule has 20 heavy (non-hydrogen) atoms. The Kier molecular flexibility index (Phi) is 6.95. The first kappa shape index (κ1) is 16.9. The van der Waals surface area contributed by atoms with Crippen LogP contribution in [0.1, 0.15) is 50.7 Å². The molecule has 0 bridgehead atoms. The molecule has 2 heterocycles. The van der Waals surface area contributed by atoms with Crippen LogP contribution in [0.2, 0.25) is 0 Å². The molecule has 1 saturated heterocycles. The van der Waals surface area contributed by atoms with Gasteiger partial charge in [0.15, 0.2) is 5.82 Å². The maximum atomic E-state index is 11.2. The molecule has 1 aliphatic rings. The molecule has 1 N–H and O–H groups in total. The summed E-state index contributed by atoms with van der Waals surface area (Å²) in [5, 5.41) is 13.1. The number of carboxylic acids is 1. The van der Waals surface area contributed by atoms with Crippen molar-refractivity contribution in [2.45, 2.75) is 58.0 Å².